The molecule has 0 aromatic heterocycles. The molecule has 2 unspecified atom stereocenters. The lowest BCUT2D eigenvalue weighted by Crippen LogP contribution is -2.10. The molecule has 4 heteroatoms. The molecule has 29 heavy (non-hydrogen) atoms. The maximum atomic E-state index is 12.2. The van der Waals surface area contributed by atoms with E-state index in [1.165, 1.54) is 17.2 Å². The molecular weight excluding hydrogens is 384 g/mol. The van der Waals surface area contributed by atoms with Crippen molar-refractivity contribution < 1.29 is 14.3 Å². The SMILES string of the molecule is C=CC(=O)Oc1c2c(c(OC)c3cc(Cl)ccc13)C1C=C(CCC=C(C)C)C2C1. The fourth-order valence-electron chi connectivity index (χ4n) is 4.76. The summed E-state index contributed by atoms with van der Waals surface area (Å²) in [6.07, 6.45) is 8.89. The van der Waals surface area contributed by atoms with Crippen LogP contribution in [0.3, 0.4) is 0 Å². The van der Waals surface area contributed by atoms with Gasteiger partial charge in [0.15, 0.2) is 0 Å². The van der Waals surface area contributed by atoms with E-state index in [2.05, 4.69) is 32.6 Å². The van der Waals surface area contributed by atoms with Crippen molar-refractivity contribution in [2.75, 3.05) is 7.11 Å². The van der Waals surface area contributed by atoms with Crippen molar-refractivity contribution in [2.45, 2.75) is 44.9 Å². The average molecular weight is 409 g/mol. The van der Waals surface area contributed by atoms with E-state index >= 15 is 0 Å². The van der Waals surface area contributed by atoms with Gasteiger partial charge in [-0.2, -0.15) is 0 Å². The van der Waals surface area contributed by atoms with Gasteiger partial charge in [-0.3, -0.25) is 0 Å². The number of methoxy groups -OCH3 is 1. The first-order valence-electron chi connectivity index (χ1n) is 9.95. The first-order valence-corrected chi connectivity index (χ1v) is 10.3. The Balaban J connectivity index is 1.89. The van der Waals surface area contributed by atoms with Crippen LogP contribution < -0.4 is 9.47 Å². The van der Waals surface area contributed by atoms with Gasteiger partial charge >= 0.3 is 5.97 Å². The van der Waals surface area contributed by atoms with E-state index < -0.39 is 5.97 Å². The van der Waals surface area contributed by atoms with Gasteiger partial charge in [0.25, 0.3) is 0 Å². The standard InChI is InChI=1S/C25H25ClO3/c1-5-21(27)29-25-18-10-9-17(26)13-20(18)24(28-4)22-16-11-15(8-6-7-14(2)3)19(12-16)23(22)25/h5,7,9-11,13,16,19H,1,6,8,12H2,2-4H3. The van der Waals surface area contributed by atoms with Crippen LogP contribution in [0.5, 0.6) is 11.5 Å². The van der Waals surface area contributed by atoms with Gasteiger partial charge in [0.05, 0.1) is 7.11 Å². The molecule has 2 bridgehead atoms. The second-order valence-electron chi connectivity index (χ2n) is 7.96. The van der Waals surface area contributed by atoms with Crippen LogP contribution in [0.25, 0.3) is 10.8 Å². The maximum absolute atomic E-state index is 12.2. The second kappa shape index (κ2) is 7.72. The molecule has 150 valence electrons. The molecule has 0 saturated carbocycles. The van der Waals surface area contributed by atoms with Gasteiger partial charge in [0, 0.05) is 44.8 Å². The van der Waals surface area contributed by atoms with Gasteiger partial charge in [-0.15, -0.1) is 0 Å². The Morgan fingerprint density at radius 1 is 1.24 bits per heavy atom. The Morgan fingerprint density at radius 3 is 2.72 bits per heavy atom. The minimum atomic E-state index is -0.452. The molecule has 0 aliphatic heterocycles. The molecule has 0 saturated heterocycles. The molecule has 2 aromatic rings. The summed E-state index contributed by atoms with van der Waals surface area (Å²) in [7, 11) is 1.69. The first-order chi connectivity index (χ1) is 13.9. The summed E-state index contributed by atoms with van der Waals surface area (Å²) in [4.78, 5) is 12.2. The Hall–Kier alpha value is -2.52. The molecule has 2 aromatic carbocycles. The third-order valence-corrected chi connectivity index (χ3v) is 6.12. The summed E-state index contributed by atoms with van der Waals surface area (Å²) in [6, 6.07) is 5.61. The number of halogens is 1. The van der Waals surface area contributed by atoms with Crippen LogP contribution >= 0.6 is 11.6 Å². The van der Waals surface area contributed by atoms with E-state index in [0.717, 1.165) is 46.9 Å². The molecule has 0 spiro atoms. The number of esters is 1. The van der Waals surface area contributed by atoms with Crippen molar-refractivity contribution in [3.8, 4) is 11.5 Å². The molecular formula is C25H25ClO3. The van der Waals surface area contributed by atoms with Gasteiger partial charge in [0.2, 0.25) is 0 Å². The van der Waals surface area contributed by atoms with Gasteiger partial charge in [0.1, 0.15) is 11.5 Å². The normalized spacial score (nSPS) is 19.0. The summed E-state index contributed by atoms with van der Waals surface area (Å²) in [6.45, 7) is 7.81. The monoisotopic (exact) mass is 408 g/mol. The lowest BCUT2D eigenvalue weighted by atomic mass is 9.85. The molecule has 0 heterocycles. The number of hydrogen-bond acceptors (Lipinski definition) is 3. The van der Waals surface area contributed by atoms with Crippen molar-refractivity contribution in [1.82, 2.24) is 0 Å². The minimum Gasteiger partial charge on any atom is -0.496 e. The summed E-state index contributed by atoms with van der Waals surface area (Å²) >= 11 is 6.27. The Morgan fingerprint density at radius 2 is 2.03 bits per heavy atom. The topological polar surface area (TPSA) is 35.5 Å². The molecule has 0 N–H and O–H groups in total. The number of carbonyl (C=O) groups excluding carboxylic acids is 1. The van der Waals surface area contributed by atoms with Crippen LogP contribution in [0.2, 0.25) is 5.02 Å². The Bertz CT molecular complexity index is 1070. The molecule has 3 nitrogen and oxygen atoms in total. The van der Waals surface area contributed by atoms with Crippen LogP contribution in [0.1, 0.15) is 56.1 Å². The molecule has 0 amide bonds. The van der Waals surface area contributed by atoms with Crippen LogP contribution in [-0.4, -0.2) is 13.1 Å². The highest BCUT2D eigenvalue weighted by molar-refractivity contribution is 6.31. The second-order valence-corrected chi connectivity index (χ2v) is 8.40. The summed E-state index contributed by atoms with van der Waals surface area (Å²) in [5.74, 6) is 1.53. The maximum Gasteiger partial charge on any atom is 0.335 e. The molecule has 2 aliphatic rings. The van der Waals surface area contributed by atoms with Gasteiger partial charge in [-0.1, -0.05) is 41.5 Å². The largest absolute Gasteiger partial charge is 0.496 e. The van der Waals surface area contributed by atoms with E-state index in [9.17, 15) is 4.79 Å². The van der Waals surface area contributed by atoms with Crippen molar-refractivity contribution >= 4 is 28.3 Å². The van der Waals surface area contributed by atoms with Crippen molar-refractivity contribution in [3.05, 3.63) is 70.3 Å². The lowest BCUT2D eigenvalue weighted by molar-refractivity contribution is -0.128. The lowest BCUT2D eigenvalue weighted by Gasteiger charge is -2.24. The smallest absolute Gasteiger partial charge is 0.335 e. The molecule has 0 radical (unpaired) electrons. The van der Waals surface area contributed by atoms with Gasteiger partial charge in [-0.05, 0) is 51.3 Å². The fourth-order valence-corrected chi connectivity index (χ4v) is 4.93. The summed E-state index contributed by atoms with van der Waals surface area (Å²) < 4.78 is 11.7. The number of ether oxygens (including phenoxy) is 2. The fraction of sp³-hybridized carbons (Fsp3) is 0.320. The van der Waals surface area contributed by atoms with E-state index in [-0.39, 0.29) is 11.8 Å². The average Bonchev–Trinajstić information content (AvgIpc) is 3.26. The number of hydrogen-bond donors (Lipinski definition) is 0. The predicted molar refractivity (Wildman–Crippen MR) is 118 cm³/mol. The van der Waals surface area contributed by atoms with Crippen LogP contribution in [0, 0.1) is 0 Å². The third kappa shape index (κ3) is 3.38. The Kier molecular flexibility index (Phi) is 5.26. The zero-order valence-corrected chi connectivity index (χ0v) is 17.8. The quantitative estimate of drug-likeness (QED) is 0.227. The number of fused-ring (bicyclic) bond motifs is 6. The predicted octanol–water partition coefficient (Wildman–Crippen LogP) is 6.85. The van der Waals surface area contributed by atoms with E-state index in [1.54, 1.807) is 7.11 Å². The molecule has 0 fully saturated rings. The number of allylic oxidation sites excluding steroid dienone is 4. The van der Waals surface area contributed by atoms with E-state index in [4.69, 9.17) is 21.1 Å². The number of rotatable bonds is 6. The highest BCUT2D eigenvalue weighted by Crippen LogP contribution is 2.61. The van der Waals surface area contributed by atoms with Crippen molar-refractivity contribution in [1.29, 1.82) is 0 Å². The summed E-state index contributed by atoms with van der Waals surface area (Å²) in [5.41, 5.74) is 4.97. The van der Waals surface area contributed by atoms with Crippen LogP contribution in [-0.2, 0) is 4.79 Å². The molecule has 2 aliphatic carbocycles. The van der Waals surface area contributed by atoms with E-state index in [1.807, 2.05) is 18.2 Å². The first kappa shape index (κ1) is 19.8. The van der Waals surface area contributed by atoms with Crippen molar-refractivity contribution in [3.63, 3.8) is 0 Å². The number of benzene rings is 2. The highest BCUT2D eigenvalue weighted by Gasteiger charge is 2.43. The summed E-state index contributed by atoms with van der Waals surface area (Å²) in [5, 5.41) is 2.34. The number of carbonyl (C=O) groups is 1. The van der Waals surface area contributed by atoms with Crippen LogP contribution in [0.15, 0.2) is 54.2 Å². The molecule has 4 rings (SSSR count). The minimum absolute atomic E-state index is 0.252. The zero-order chi connectivity index (χ0) is 20.7. The van der Waals surface area contributed by atoms with E-state index in [0.29, 0.717) is 10.8 Å². The zero-order valence-electron chi connectivity index (χ0n) is 17.0. The van der Waals surface area contributed by atoms with Crippen LogP contribution in [0.4, 0.5) is 0 Å². The van der Waals surface area contributed by atoms with Gasteiger partial charge in [-0.25, -0.2) is 4.79 Å². The third-order valence-electron chi connectivity index (χ3n) is 5.88. The highest BCUT2D eigenvalue weighted by atomic mass is 35.5. The Labute approximate surface area is 176 Å². The molecule has 2 atom stereocenters. The van der Waals surface area contributed by atoms with Gasteiger partial charge < -0.3 is 9.47 Å². The van der Waals surface area contributed by atoms with Crippen molar-refractivity contribution in [2.24, 2.45) is 0 Å².